The molecular weight excluding hydrogens is 268 g/mol. The lowest BCUT2D eigenvalue weighted by Crippen LogP contribution is -2.30. The van der Waals surface area contributed by atoms with Crippen molar-refractivity contribution in [1.82, 2.24) is 0 Å². The van der Waals surface area contributed by atoms with E-state index in [9.17, 15) is 9.90 Å². The highest BCUT2D eigenvalue weighted by atomic mass is 32.2. The van der Waals surface area contributed by atoms with Gasteiger partial charge in [-0.25, -0.2) is 0 Å². The molecule has 0 bridgehead atoms. The summed E-state index contributed by atoms with van der Waals surface area (Å²) >= 11 is 1.88. The lowest BCUT2D eigenvalue weighted by molar-refractivity contribution is -0.149. The minimum Gasteiger partial charge on any atom is -0.481 e. The molecule has 0 amide bonds. The van der Waals surface area contributed by atoms with Gasteiger partial charge in [0.25, 0.3) is 0 Å². The zero-order valence-corrected chi connectivity index (χ0v) is 12.8. The van der Waals surface area contributed by atoms with E-state index in [-0.39, 0.29) is 0 Å². The maximum Gasteiger partial charge on any atom is 0.309 e. The summed E-state index contributed by atoms with van der Waals surface area (Å²) in [5.41, 5.74) is 0.904. The summed E-state index contributed by atoms with van der Waals surface area (Å²) < 4.78 is 0. The molecule has 0 saturated heterocycles. The molecule has 0 spiro atoms. The number of aliphatic carboxylic acids is 1. The smallest absolute Gasteiger partial charge is 0.309 e. The van der Waals surface area contributed by atoms with Gasteiger partial charge in [-0.3, -0.25) is 4.79 Å². The number of hydrogen-bond donors (Lipinski definition) is 1. The Hall–Kier alpha value is -0.960. The second-order valence-electron chi connectivity index (χ2n) is 6.35. The molecule has 1 aliphatic heterocycles. The van der Waals surface area contributed by atoms with E-state index in [1.807, 2.05) is 11.8 Å². The van der Waals surface area contributed by atoms with Crippen molar-refractivity contribution in [3.05, 3.63) is 29.8 Å². The van der Waals surface area contributed by atoms with Gasteiger partial charge in [-0.15, -0.1) is 11.8 Å². The first-order valence-electron chi connectivity index (χ1n) is 7.60. The Morgan fingerprint density at radius 3 is 2.95 bits per heavy atom. The fourth-order valence-electron chi connectivity index (χ4n) is 3.92. The molecule has 1 aromatic carbocycles. The Morgan fingerprint density at radius 1 is 1.45 bits per heavy atom. The Morgan fingerprint density at radius 2 is 2.25 bits per heavy atom. The fourth-order valence-corrected chi connectivity index (χ4v) is 5.18. The first kappa shape index (κ1) is 14.0. The van der Waals surface area contributed by atoms with Crippen molar-refractivity contribution in [3.8, 4) is 0 Å². The molecule has 2 nitrogen and oxygen atoms in total. The van der Waals surface area contributed by atoms with Crippen molar-refractivity contribution in [3.63, 3.8) is 0 Å². The predicted octanol–water partition coefficient (Wildman–Crippen LogP) is 4.55. The lowest BCUT2D eigenvalue weighted by Gasteiger charge is -2.28. The Kier molecular flexibility index (Phi) is 3.80. The monoisotopic (exact) mass is 290 g/mol. The van der Waals surface area contributed by atoms with Crippen LogP contribution in [0, 0.1) is 11.3 Å². The van der Waals surface area contributed by atoms with Gasteiger partial charge in [-0.1, -0.05) is 31.5 Å². The van der Waals surface area contributed by atoms with Gasteiger partial charge in [0, 0.05) is 10.6 Å². The summed E-state index contributed by atoms with van der Waals surface area (Å²) in [6.45, 7) is 2.18. The highest BCUT2D eigenvalue weighted by Crippen LogP contribution is 2.52. The number of thioether (sulfide) groups is 1. The Balaban J connectivity index is 1.81. The quantitative estimate of drug-likeness (QED) is 0.884. The van der Waals surface area contributed by atoms with Crippen molar-refractivity contribution in [1.29, 1.82) is 0 Å². The number of benzene rings is 1. The molecule has 1 aliphatic carbocycles. The summed E-state index contributed by atoms with van der Waals surface area (Å²) in [5.74, 6) is 1.51. The third-order valence-corrected chi connectivity index (χ3v) is 6.43. The van der Waals surface area contributed by atoms with Crippen molar-refractivity contribution in [2.75, 3.05) is 5.75 Å². The molecule has 20 heavy (non-hydrogen) atoms. The number of carboxylic acids is 1. The minimum absolute atomic E-state index is 0.419. The van der Waals surface area contributed by atoms with Gasteiger partial charge in [0.2, 0.25) is 0 Å². The molecule has 1 saturated carbocycles. The van der Waals surface area contributed by atoms with Crippen molar-refractivity contribution in [2.45, 2.75) is 49.8 Å². The average Bonchev–Trinajstić information content (AvgIpc) is 3.05. The lowest BCUT2D eigenvalue weighted by atomic mass is 9.75. The van der Waals surface area contributed by atoms with Gasteiger partial charge in [0.05, 0.1) is 5.41 Å². The van der Waals surface area contributed by atoms with Crippen LogP contribution in [0.2, 0.25) is 0 Å². The van der Waals surface area contributed by atoms with Crippen molar-refractivity contribution in [2.24, 2.45) is 11.3 Å². The summed E-state index contributed by atoms with van der Waals surface area (Å²) in [6, 6.07) is 8.50. The van der Waals surface area contributed by atoms with Crippen LogP contribution in [0.5, 0.6) is 0 Å². The normalized spacial score (nSPS) is 32.2. The predicted molar refractivity (Wildman–Crippen MR) is 82.2 cm³/mol. The highest BCUT2D eigenvalue weighted by molar-refractivity contribution is 7.99. The minimum atomic E-state index is -0.567. The number of fused-ring (bicyclic) bond motifs is 1. The zero-order valence-electron chi connectivity index (χ0n) is 12.0. The zero-order chi connectivity index (χ0) is 14.2. The van der Waals surface area contributed by atoms with Crippen LogP contribution in [0.1, 0.15) is 50.5 Å². The number of hydrogen-bond acceptors (Lipinski definition) is 2. The van der Waals surface area contributed by atoms with Crippen LogP contribution in [0.15, 0.2) is 29.2 Å². The van der Waals surface area contributed by atoms with E-state index in [2.05, 4.69) is 31.2 Å². The van der Waals surface area contributed by atoms with E-state index < -0.39 is 11.4 Å². The van der Waals surface area contributed by atoms with Crippen LogP contribution in [0.3, 0.4) is 0 Å². The summed E-state index contributed by atoms with van der Waals surface area (Å²) in [7, 11) is 0. The van der Waals surface area contributed by atoms with E-state index in [1.165, 1.54) is 10.5 Å². The highest BCUT2D eigenvalue weighted by Gasteiger charge is 2.47. The molecule has 3 atom stereocenters. The molecule has 1 fully saturated rings. The topological polar surface area (TPSA) is 37.3 Å². The number of rotatable bonds is 4. The third-order valence-electron chi connectivity index (χ3n) is 5.18. The van der Waals surface area contributed by atoms with E-state index in [0.29, 0.717) is 11.8 Å². The average molecular weight is 290 g/mol. The second kappa shape index (κ2) is 5.44. The van der Waals surface area contributed by atoms with Gasteiger partial charge < -0.3 is 5.11 Å². The summed E-state index contributed by atoms with van der Waals surface area (Å²) in [5, 5.41) is 9.78. The molecule has 2 aliphatic rings. The molecule has 0 aromatic heterocycles. The van der Waals surface area contributed by atoms with E-state index in [1.54, 1.807) is 0 Å². The number of carboxylic acid groups (broad SMARTS) is 1. The molecule has 1 N–H and O–H groups in total. The Bertz CT molecular complexity index is 513. The van der Waals surface area contributed by atoms with Crippen LogP contribution in [-0.2, 0) is 4.79 Å². The summed E-state index contributed by atoms with van der Waals surface area (Å²) in [6.07, 6.45) is 4.77. The number of carbonyl (C=O) groups is 1. The van der Waals surface area contributed by atoms with E-state index >= 15 is 0 Å². The van der Waals surface area contributed by atoms with Crippen molar-refractivity contribution >= 4 is 17.7 Å². The van der Waals surface area contributed by atoms with E-state index in [4.69, 9.17) is 0 Å². The SMILES string of the molecule is CCC1CCC(CC2CSc3ccccc32)(C(=O)O)C1. The standard InChI is InChI=1S/C17H22O2S/c1-2-12-7-8-17(9-12,16(18)19)10-13-11-20-15-6-4-3-5-14(13)15/h3-6,12-13H,2,7-11H2,1H3,(H,18,19). The van der Waals surface area contributed by atoms with Gasteiger partial charge in [0.15, 0.2) is 0 Å². The Labute approximate surface area is 125 Å². The molecule has 3 unspecified atom stereocenters. The molecule has 0 radical (unpaired) electrons. The maximum absolute atomic E-state index is 11.9. The van der Waals surface area contributed by atoms with Crippen molar-refractivity contribution < 1.29 is 9.90 Å². The molecular formula is C17H22O2S. The van der Waals surface area contributed by atoms with Crippen LogP contribution < -0.4 is 0 Å². The molecule has 1 heterocycles. The first-order chi connectivity index (χ1) is 9.64. The van der Waals surface area contributed by atoms with Gasteiger partial charge in [-0.05, 0) is 49.1 Å². The van der Waals surface area contributed by atoms with Crippen LogP contribution in [0.25, 0.3) is 0 Å². The molecule has 1 aromatic rings. The van der Waals surface area contributed by atoms with Crippen LogP contribution in [0.4, 0.5) is 0 Å². The van der Waals surface area contributed by atoms with Gasteiger partial charge in [-0.2, -0.15) is 0 Å². The van der Waals surface area contributed by atoms with Crippen LogP contribution in [-0.4, -0.2) is 16.8 Å². The largest absolute Gasteiger partial charge is 0.481 e. The summed E-state index contributed by atoms with van der Waals surface area (Å²) in [4.78, 5) is 13.2. The molecule has 3 heteroatoms. The fraction of sp³-hybridized carbons (Fsp3) is 0.588. The molecule has 108 valence electrons. The van der Waals surface area contributed by atoms with E-state index in [0.717, 1.165) is 37.9 Å². The maximum atomic E-state index is 11.9. The second-order valence-corrected chi connectivity index (χ2v) is 7.41. The van der Waals surface area contributed by atoms with Gasteiger partial charge >= 0.3 is 5.97 Å². The third kappa shape index (κ3) is 2.37. The molecule has 3 rings (SSSR count). The van der Waals surface area contributed by atoms with Gasteiger partial charge in [0.1, 0.15) is 0 Å². The first-order valence-corrected chi connectivity index (χ1v) is 8.58. The van der Waals surface area contributed by atoms with Crippen LogP contribution >= 0.6 is 11.8 Å².